The Morgan fingerprint density at radius 2 is 1.84 bits per heavy atom. The van der Waals surface area contributed by atoms with Gasteiger partial charge in [0.25, 0.3) is 5.91 Å². The third kappa shape index (κ3) is 2.95. The van der Waals surface area contributed by atoms with E-state index in [-0.39, 0.29) is 11.1 Å². The number of aryl methyl sites for hydroxylation is 1. The van der Waals surface area contributed by atoms with Crippen molar-refractivity contribution in [1.82, 2.24) is 4.98 Å². The highest BCUT2D eigenvalue weighted by Crippen LogP contribution is 2.11. The zero-order valence-corrected chi connectivity index (χ0v) is 10.2. The van der Waals surface area contributed by atoms with Crippen LogP contribution in [0.1, 0.15) is 26.3 Å². The van der Waals surface area contributed by atoms with E-state index in [0.717, 1.165) is 5.56 Å². The molecule has 5 heteroatoms. The number of aromatic carboxylic acids is 1. The minimum absolute atomic E-state index is 0.0470. The number of pyridine rings is 1. The third-order valence-corrected chi connectivity index (χ3v) is 2.55. The Kier molecular flexibility index (Phi) is 3.56. The lowest BCUT2D eigenvalue weighted by Gasteiger charge is -2.10. The molecule has 0 unspecified atom stereocenters. The van der Waals surface area contributed by atoms with Gasteiger partial charge in [-0.1, -0.05) is 18.2 Å². The van der Waals surface area contributed by atoms with Crippen molar-refractivity contribution in [2.24, 2.45) is 0 Å². The molecular weight excluding hydrogens is 244 g/mol. The quantitative estimate of drug-likeness (QED) is 0.887. The molecule has 0 aliphatic heterocycles. The number of carbonyl (C=O) groups excluding carboxylic acids is 2. The molecule has 0 spiro atoms. The Balaban J connectivity index is 2.28. The number of anilines is 1. The van der Waals surface area contributed by atoms with Crippen LogP contribution in [0.3, 0.4) is 0 Å². The van der Waals surface area contributed by atoms with Crippen molar-refractivity contribution >= 4 is 17.7 Å². The number of hydrogen-bond donors (Lipinski definition) is 1. The summed E-state index contributed by atoms with van der Waals surface area (Å²) in [5.74, 6) is -1.54. The molecule has 1 N–H and O–H groups in total. The Labute approximate surface area is 109 Å². The molecule has 1 aromatic heterocycles. The number of carbonyl (C=O) groups is 2. The highest BCUT2D eigenvalue weighted by molar-refractivity contribution is 6.10. The van der Waals surface area contributed by atoms with Crippen molar-refractivity contribution in [3.05, 3.63) is 59.3 Å². The fraction of sp³-hybridized carbons (Fsp3) is 0.0714. The number of nitrogens with one attached hydrogen (secondary N) is 1. The van der Waals surface area contributed by atoms with Gasteiger partial charge in [-0.2, -0.15) is 0 Å². The summed E-state index contributed by atoms with van der Waals surface area (Å²) in [5.41, 5.74) is 0.844. The largest absolute Gasteiger partial charge is 0.545 e. The number of hydrogen-bond acceptors (Lipinski definition) is 4. The van der Waals surface area contributed by atoms with Gasteiger partial charge in [-0.15, -0.1) is 0 Å². The van der Waals surface area contributed by atoms with E-state index in [9.17, 15) is 14.7 Å². The predicted molar refractivity (Wildman–Crippen MR) is 67.7 cm³/mol. The van der Waals surface area contributed by atoms with Gasteiger partial charge >= 0.3 is 0 Å². The molecule has 2 rings (SSSR count). The maximum Gasteiger partial charge on any atom is 0.257 e. The van der Waals surface area contributed by atoms with E-state index in [1.165, 1.54) is 18.2 Å². The van der Waals surface area contributed by atoms with Gasteiger partial charge in [-0.25, -0.2) is 4.98 Å². The number of carboxylic acid groups (broad SMARTS) is 1. The van der Waals surface area contributed by atoms with Gasteiger partial charge in [0.1, 0.15) is 5.82 Å². The Bertz CT molecular complexity index is 638. The predicted octanol–water partition coefficient (Wildman–Crippen LogP) is 1.01. The Morgan fingerprint density at radius 1 is 1.16 bits per heavy atom. The van der Waals surface area contributed by atoms with Gasteiger partial charge in [0, 0.05) is 17.3 Å². The number of benzene rings is 1. The summed E-state index contributed by atoms with van der Waals surface area (Å²) in [6.45, 7) is 1.87. The van der Waals surface area contributed by atoms with E-state index < -0.39 is 11.9 Å². The standard InChI is InChI=1S/C14H12N2O3/c1-9-6-7-15-12(8-9)16-13(17)10-4-2-3-5-11(10)14(18)19/h2-8H,1H3,(H,18,19)(H,15,16,17)/p-1. The van der Waals surface area contributed by atoms with Gasteiger partial charge in [0.2, 0.25) is 0 Å². The minimum atomic E-state index is -1.39. The van der Waals surface area contributed by atoms with E-state index in [1.54, 1.807) is 24.4 Å². The van der Waals surface area contributed by atoms with Crippen LogP contribution >= 0.6 is 0 Å². The molecule has 0 aliphatic carbocycles. The summed E-state index contributed by atoms with van der Waals surface area (Å²) >= 11 is 0. The molecule has 0 atom stereocenters. The van der Waals surface area contributed by atoms with Gasteiger partial charge in [0.05, 0.1) is 5.97 Å². The highest BCUT2D eigenvalue weighted by Gasteiger charge is 2.12. The minimum Gasteiger partial charge on any atom is -0.545 e. The number of aromatic nitrogens is 1. The topological polar surface area (TPSA) is 82.1 Å². The molecule has 0 saturated heterocycles. The lowest BCUT2D eigenvalue weighted by Crippen LogP contribution is -2.26. The molecule has 5 nitrogen and oxygen atoms in total. The second kappa shape index (κ2) is 5.30. The number of amides is 1. The summed E-state index contributed by atoms with van der Waals surface area (Å²) in [6, 6.07) is 9.37. The first-order chi connectivity index (χ1) is 9.08. The molecule has 2 aromatic rings. The van der Waals surface area contributed by atoms with Gasteiger partial charge in [-0.3, -0.25) is 4.79 Å². The lowest BCUT2D eigenvalue weighted by molar-refractivity contribution is -0.255. The molecule has 0 aliphatic rings. The van der Waals surface area contributed by atoms with E-state index in [0.29, 0.717) is 5.82 Å². The van der Waals surface area contributed by atoms with Crippen molar-refractivity contribution in [2.75, 3.05) is 5.32 Å². The van der Waals surface area contributed by atoms with Gasteiger partial charge in [-0.05, 0) is 30.7 Å². The maximum absolute atomic E-state index is 12.0. The fourth-order valence-electron chi connectivity index (χ4n) is 1.65. The third-order valence-electron chi connectivity index (χ3n) is 2.55. The smallest absolute Gasteiger partial charge is 0.257 e. The molecule has 1 heterocycles. The molecule has 0 fully saturated rings. The highest BCUT2D eigenvalue weighted by atomic mass is 16.4. The monoisotopic (exact) mass is 255 g/mol. The number of nitrogens with zero attached hydrogens (tertiary/aromatic N) is 1. The SMILES string of the molecule is Cc1ccnc(NC(=O)c2ccccc2C(=O)[O-])c1. The van der Waals surface area contributed by atoms with Crippen LogP contribution in [0, 0.1) is 6.92 Å². The van der Waals surface area contributed by atoms with Gasteiger partial charge in [0.15, 0.2) is 0 Å². The fourth-order valence-corrected chi connectivity index (χ4v) is 1.65. The molecule has 96 valence electrons. The zero-order chi connectivity index (χ0) is 13.8. The molecule has 0 radical (unpaired) electrons. The lowest BCUT2D eigenvalue weighted by atomic mass is 10.1. The maximum atomic E-state index is 12.0. The van der Waals surface area contributed by atoms with Gasteiger partial charge < -0.3 is 15.2 Å². The average molecular weight is 255 g/mol. The Hall–Kier alpha value is -2.69. The molecule has 0 bridgehead atoms. The Morgan fingerprint density at radius 3 is 2.47 bits per heavy atom. The van der Waals surface area contributed by atoms with E-state index >= 15 is 0 Å². The van der Waals surface area contributed by atoms with Crippen LogP contribution < -0.4 is 10.4 Å². The van der Waals surface area contributed by atoms with Crippen molar-refractivity contribution in [2.45, 2.75) is 6.92 Å². The first kappa shape index (κ1) is 12.8. The molecule has 1 aromatic carbocycles. The van der Waals surface area contributed by atoms with Crippen LogP contribution in [0.5, 0.6) is 0 Å². The number of rotatable bonds is 3. The summed E-state index contributed by atoms with van der Waals surface area (Å²) in [5, 5.41) is 13.5. The van der Waals surface area contributed by atoms with Crippen LogP contribution in [0.4, 0.5) is 5.82 Å². The van der Waals surface area contributed by atoms with E-state index in [4.69, 9.17) is 0 Å². The van der Waals surface area contributed by atoms with Crippen LogP contribution in [-0.2, 0) is 0 Å². The van der Waals surface area contributed by atoms with E-state index in [2.05, 4.69) is 10.3 Å². The summed E-state index contributed by atoms with van der Waals surface area (Å²) < 4.78 is 0. The van der Waals surface area contributed by atoms with Crippen molar-refractivity contribution in [3.8, 4) is 0 Å². The summed E-state index contributed by atoms with van der Waals surface area (Å²) in [6.07, 6.45) is 1.57. The van der Waals surface area contributed by atoms with Crippen LogP contribution in [0.2, 0.25) is 0 Å². The first-order valence-electron chi connectivity index (χ1n) is 5.62. The summed E-state index contributed by atoms with van der Waals surface area (Å²) in [7, 11) is 0. The van der Waals surface area contributed by atoms with Crippen LogP contribution in [0.15, 0.2) is 42.6 Å². The number of carboxylic acids is 1. The van der Waals surface area contributed by atoms with Crippen LogP contribution in [-0.4, -0.2) is 16.9 Å². The van der Waals surface area contributed by atoms with Crippen LogP contribution in [0.25, 0.3) is 0 Å². The zero-order valence-electron chi connectivity index (χ0n) is 10.2. The molecular formula is C14H11N2O3-. The van der Waals surface area contributed by atoms with E-state index in [1.807, 2.05) is 6.92 Å². The van der Waals surface area contributed by atoms with Crippen molar-refractivity contribution in [1.29, 1.82) is 0 Å². The molecule has 19 heavy (non-hydrogen) atoms. The summed E-state index contributed by atoms with van der Waals surface area (Å²) in [4.78, 5) is 26.9. The second-order valence-electron chi connectivity index (χ2n) is 4.01. The molecule has 1 amide bonds. The average Bonchev–Trinajstić information content (AvgIpc) is 2.38. The van der Waals surface area contributed by atoms with Crippen molar-refractivity contribution < 1.29 is 14.7 Å². The second-order valence-corrected chi connectivity index (χ2v) is 4.01. The first-order valence-corrected chi connectivity index (χ1v) is 5.62. The molecule has 0 saturated carbocycles. The van der Waals surface area contributed by atoms with Crippen molar-refractivity contribution in [3.63, 3.8) is 0 Å². The normalized spacial score (nSPS) is 9.95.